The van der Waals surface area contributed by atoms with E-state index in [9.17, 15) is 9.90 Å². The van der Waals surface area contributed by atoms with Gasteiger partial charge in [0, 0.05) is 38.3 Å². The van der Waals surface area contributed by atoms with E-state index in [0.29, 0.717) is 50.6 Å². The van der Waals surface area contributed by atoms with Gasteiger partial charge in [0.2, 0.25) is 0 Å². The van der Waals surface area contributed by atoms with Crippen molar-refractivity contribution in [2.24, 2.45) is 4.99 Å². The molecule has 1 fully saturated rings. The normalized spacial score (nSPS) is 15.0. The van der Waals surface area contributed by atoms with Gasteiger partial charge >= 0.3 is 6.09 Å². The molecule has 26 heavy (non-hydrogen) atoms. The van der Waals surface area contributed by atoms with Crippen LogP contribution >= 0.6 is 0 Å². The second kappa shape index (κ2) is 9.74. The fourth-order valence-electron chi connectivity index (χ4n) is 2.76. The summed E-state index contributed by atoms with van der Waals surface area (Å²) in [6.07, 6.45) is -0.268. The zero-order valence-corrected chi connectivity index (χ0v) is 15.7. The summed E-state index contributed by atoms with van der Waals surface area (Å²) in [6.45, 7) is 7.80. The van der Waals surface area contributed by atoms with Crippen molar-refractivity contribution in [2.75, 3.05) is 46.4 Å². The van der Waals surface area contributed by atoms with Gasteiger partial charge in [0.1, 0.15) is 0 Å². The lowest BCUT2D eigenvalue weighted by atomic mass is 10.2. The first-order valence-corrected chi connectivity index (χ1v) is 8.90. The Balaban J connectivity index is 2.03. The van der Waals surface area contributed by atoms with Gasteiger partial charge in [-0.3, -0.25) is 0 Å². The molecule has 0 saturated carbocycles. The number of hydrogen-bond donors (Lipinski definition) is 2. The molecule has 0 atom stereocenters. The number of benzene rings is 1. The molecule has 0 aliphatic carbocycles. The number of phenols is 1. The van der Waals surface area contributed by atoms with Crippen LogP contribution in [0.15, 0.2) is 23.2 Å². The van der Waals surface area contributed by atoms with E-state index in [1.807, 2.05) is 19.1 Å². The number of nitrogens with one attached hydrogen (secondary N) is 1. The molecule has 0 bridgehead atoms. The number of rotatable bonds is 5. The molecule has 0 radical (unpaired) electrons. The highest BCUT2D eigenvalue weighted by molar-refractivity contribution is 5.80. The molecule has 1 heterocycles. The van der Waals surface area contributed by atoms with Crippen LogP contribution in [0, 0.1) is 0 Å². The largest absolute Gasteiger partial charge is 0.504 e. The summed E-state index contributed by atoms with van der Waals surface area (Å²) >= 11 is 0. The zero-order valence-electron chi connectivity index (χ0n) is 15.7. The lowest BCUT2D eigenvalue weighted by Crippen LogP contribution is -2.53. The Morgan fingerprint density at radius 3 is 2.54 bits per heavy atom. The van der Waals surface area contributed by atoms with Gasteiger partial charge in [-0.15, -0.1) is 0 Å². The minimum absolute atomic E-state index is 0.113. The Kier molecular flexibility index (Phi) is 7.37. The Hall–Kier alpha value is -2.64. The molecule has 1 amide bonds. The van der Waals surface area contributed by atoms with Crippen LogP contribution in [-0.4, -0.2) is 73.4 Å². The third-order valence-electron chi connectivity index (χ3n) is 4.14. The van der Waals surface area contributed by atoms with Gasteiger partial charge < -0.3 is 29.7 Å². The topological polar surface area (TPSA) is 86.6 Å². The number of carbonyl (C=O) groups is 1. The standard InChI is InChI=1S/C18H28N4O4/c1-4-19-17(20-13-14-7-6-8-15(25-3)16(14)23)21-9-11-22(12-10-21)18(24)26-5-2/h6-8,23H,4-5,9-13H2,1-3H3,(H,19,20). The molecule has 1 aromatic rings. The number of carbonyl (C=O) groups excluding carboxylic acids is 1. The minimum atomic E-state index is -0.268. The highest BCUT2D eigenvalue weighted by Gasteiger charge is 2.23. The summed E-state index contributed by atoms with van der Waals surface area (Å²) in [4.78, 5) is 20.3. The molecule has 8 nitrogen and oxygen atoms in total. The Morgan fingerprint density at radius 2 is 1.92 bits per heavy atom. The molecule has 0 unspecified atom stereocenters. The summed E-state index contributed by atoms with van der Waals surface area (Å²) in [5.41, 5.74) is 0.699. The van der Waals surface area contributed by atoms with Crippen molar-refractivity contribution in [1.82, 2.24) is 15.1 Å². The second-order valence-corrected chi connectivity index (χ2v) is 5.81. The summed E-state index contributed by atoms with van der Waals surface area (Å²) < 4.78 is 10.2. The Bertz CT molecular complexity index is 628. The van der Waals surface area contributed by atoms with E-state index in [0.717, 1.165) is 12.5 Å². The van der Waals surface area contributed by atoms with Crippen LogP contribution in [-0.2, 0) is 11.3 Å². The quantitative estimate of drug-likeness (QED) is 0.610. The third kappa shape index (κ3) is 4.93. The van der Waals surface area contributed by atoms with Crippen LogP contribution in [0.5, 0.6) is 11.5 Å². The van der Waals surface area contributed by atoms with Gasteiger partial charge in [-0.25, -0.2) is 9.79 Å². The van der Waals surface area contributed by atoms with Crippen molar-refractivity contribution in [3.8, 4) is 11.5 Å². The fourth-order valence-corrected chi connectivity index (χ4v) is 2.76. The fraction of sp³-hybridized carbons (Fsp3) is 0.556. The van der Waals surface area contributed by atoms with Crippen molar-refractivity contribution < 1.29 is 19.4 Å². The number of amides is 1. The Labute approximate surface area is 154 Å². The van der Waals surface area contributed by atoms with E-state index in [1.165, 1.54) is 7.11 Å². The van der Waals surface area contributed by atoms with Gasteiger partial charge in [0.15, 0.2) is 17.5 Å². The molecule has 1 aliphatic rings. The van der Waals surface area contributed by atoms with Crippen molar-refractivity contribution in [2.45, 2.75) is 20.4 Å². The van der Waals surface area contributed by atoms with E-state index in [-0.39, 0.29) is 11.8 Å². The summed E-state index contributed by atoms with van der Waals surface area (Å²) in [6, 6.07) is 5.36. The van der Waals surface area contributed by atoms with E-state index >= 15 is 0 Å². The highest BCUT2D eigenvalue weighted by atomic mass is 16.6. The number of nitrogens with zero attached hydrogens (tertiary/aromatic N) is 3. The maximum absolute atomic E-state index is 11.8. The maximum Gasteiger partial charge on any atom is 0.409 e. The zero-order chi connectivity index (χ0) is 18.9. The first-order valence-electron chi connectivity index (χ1n) is 8.90. The van der Waals surface area contributed by atoms with Gasteiger partial charge in [0.25, 0.3) is 0 Å². The van der Waals surface area contributed by atoms with Crippen molar-refractivity contribution in [1.29, 1.82) is 0 Å². The molecule has 1 aromatic carbocycles. The molecule has 2 rings (SSSR count). The molecule has 144 valence electrons. The number of phenolic OH excluding ortho intramolecular Hbond substituents is 1. The molecular weight excluding hydrogens is 336 g/mol. The molecule has 0 spiro atoms. The van der Waals surface area contributed by atoms with Gasteiger partial charge in [-0.05, 0) is 19.9 Å². The number of methoxy groups -OCH3 is 1. The van der Waals surface area contributed by atoms with Crippen LogP contribution in [0.3, 0.4) is 0 Å². The summed E-state index contributed by atoms with van der Waals surface area (Å²) in [5, 5.41) is 13.5. The average Bonchev–Trinajstić information content (AvgIpc) is 2.66. The predicted molar refractivity (Wildman–Crippen MR) is 99.6 cm³/mol. The average molecular weight is 364 g/mol. The van der Waals surface area contributed by atoms with Crippen LogP contribution < -0.4 is 10.1 Å². The number of guanidine groups is 1. The maximum atomic E-state index is 11.8. The number of piperazine rings is 1. The van der Waals surface area contributed by atoms with Gasteiger partial charge in [-0.2, -0.15) is 0 Å². The molecule has 8 heteroatoms. The second-order valence-electron chi connectivity index (χ2n) is 5.81. The molecule has 1 saturated heterocycles. The Morgan fingerprint density at radius 1 is 1.23 bits per heavy atom. The monoisotopic (exact) mass is 364 g/mol. The summed E-state index contributed by atoms with van der Waals surface area (Å²) in [5.74, 6) is 1.31. The number of hydrogen-bond acceptors (Lipinski definition) is 5. The molecule has 1 aliphatic heterocycles. The lowest BCUT2D eigenvalue weighted by Gasteiger charge is -2.35. The van der Waals surface area contributed by atoms with Crippen LogP contribution in [0.2, 0.25) is 0 Å². The lowest BCUT2D eigenvalue weighted by molar-refractivity contribution is 0.0914. The van der Waals surface area contributed by atoms with Crippen LogP contribution in [0.1, 0.15) is 19.4 Å². The van der Waals surface area contributed by atoms with Gasteiger partial charge in [-0.1, -0.05) is 12.1 Å². The highest BCUT2D eigenvalue weighted by Crippen LogP contribution is 2.29. The summed E-state index contributed by atoms with van der Waals surface area (Å²) in [7, 11) is 1.52. The SMILES string of the molecule is CCNC(=NCc1cccc(OC)c1O)N1CCN(C(=O)OCC)CC1. The third-order valence-corrected chi connectivity index (χ3v) is 4.14. The molecular formula is C18H28N4O4. The van der Waals surface area contributed by atoms with Crippen molar-refractivity contribution in [3.05, 3.63) is 23.8 Å². The number of aliphatic imine (C=N–C) groups is 1. The van der Waals surface area contributed by atoms with Crippen molar-refractivity contribution >= 4 is 12.1 Å². The van der Waals surface area contributed by atoms with E-state index in [1.54, 1.807) is 17.9 Å². The smallest absolute Gasteiger partial charge is 0.409 e. The first-order chi connectivity index (χ1) is 12.6. The van der Waals surface area contributed by atoms with Gasteiger partial charge in [0.05, 0.1) is 20.3 Å². The number of aromatic hydroxyl groups is 1. The van der Waals surface area contributed by atoms with Crippen LogP contribution in [0.25, 0.3) is 0 Å². The van der Waals surface area contributed by atoms with E-state index in [4.69, 9.17) is 9.47 Å². The molecule has 0 aromatic heterocycles. The first kappa shape index (κ1) is 19.7. The molecule has 2 N–H and O–H groups in total. The number of para-hydroxylation sites is 1. The van der Waals surface area contributed by atoms with Crippen molar-refractivity contribution in [3.63, 3.8) is 0 Å². The van der Waals surface area contributed by atoms with E-state index < -0.39 is 0 Å². The number of ether oxygens (including phenoxy) is 2. The van der Waals surface area contributed by atoms with Crippen LogP contribution in [0.4, 0.5) is 4.79 Å². The predicted octanol–water partition coefficient (Wildman–Crippen LogP) is 1.64. The van der Waals surface area contributed by atoms with E-state index in [2.05, 4.69) is 15.2 Å². The minimum Gasteiger partial charge on any atom is -0.504 e.